The normalized spacial score (nSPS) is 48.5. The van der Waals surface area contributed by atoms with E-state index in [-0.39, 0.29) is 5.79 Å². The van der Waals surface area contributed by atoms with Gasteiger partial charge in [0.15, 0.2) is 5.79 Å². The molecule has 130 valence electrons. The Balaban J connectivity index is 1.54. The summed E-state index contributed by atoms with van der Waals surface area (Å²) in [6, 6.07) is 0. The lowest BCUT2D eigenvalue weighted by atomic mass is 9.50. The second-order valence-corrected chi connectivity index (χ2v) is 9.10. The number of hydrogen-bond donors (Lipinski definition) is 0. The predicted octanol–water partition coefficient (Wildman–Crippen LogP) is 5.18. The van der Waals surface area contributed by atoms with Crippen LogP contribution in [-0.2, 0) is 9.47 Å². The topological polar surface area (TPSA) is 18.5 Å². The first kappa shape index (κ1) is 16.1. The number of hydrogen-bond acceptors (Lipinski definition) is 2. The maximum atomic E-state index is 5.78. The first-order valence-corrected chi connectivity index (χ1v) is 9.81. The lowest BCUT2D eigenvalue weighted by Crippen LogP contribution is -2.51. The van der Waals surface area contributed by atoms with Crippen LogP contribution in [0, 0.1) is 35.0 Å². The molecule has 0 heterocycles. The Morgan fingerprint density at radius 3 is 2.39 bits per heavy atom. The fourth-order valence-corrected chi connectivity index (χ4v) is 7.19. The first-order chi connectivity index (χ1) is 11.0. The minimum atomic E-state index is -0.293. The summed E-state index contributed by atoms with van der Waals surface area (Å²) >= 11 is 0. The zero-order chi connectivity index (χ0) is 16.2. The van der Waals surface area contributed by atoms with E-state index < -0.39 is 0 Å². The van der Waals surface area contributed by atoms with Gasteiger partial charge in [0.05, 0.1) is 0 Å². The van der Waals surface area contributed by atoms with Crippen LogP contribution < -0.4 is 0 Å². The van der Waals surface area contributed by atoms with Gasteiger partial charge in [-0.15, -0.1) is 0 Å². The van der Waals surface area contributed by atoms with Crippen LogP contribution in [-0.4, -0.2) is 20.0 Å². The van der Waals surface area contributed by atoms with Gasteiger partial charge in [-0.3, -0.25) is 0 Å². The molecule has 0 bridgehead atoms. The highest BCUT2D eigenvalue weighted by atomic mass is 16.7. The number of rotatable bonds is 2. The van der Waals surface area contributed by atoms with Gasteiger partial charge in [0.2, 0.25) is 0 Å². The maximum Gasteiger partial charge on any atom is 0.167 e. The van der Waals surface area contributed by atoms with E-state index in [0.29, 0.717) is 5.41 Å². The molecule has 0 aromatic rings. The Morgan fingerprint density at radius 2 is 1.65 bits per heavy atom. The Morgan fingerprint density at radius 1 is 0.913 bits per heavy atom. The zero-order valence-corrected chi connectivity index (χ0v) is 15.3. The van der Waals surface area contributed by atoms with Crippen molar-refractivity contribution in [2.75, 3.05) is 14.2 Å². The minimum Gasteiger partial charge on any atom is -0.353 e. The molecule has 4 aliphatic rings. The average Bonchev–Trinajstić information content (AvgIpc) is 2.89. The fourth-order valence-electron chi connectivity index (χ4n) is 7.19. The molecule has 6 atom stereocenters. The highest BCUT2D eigenvalue weighted by Gasteiger charge is 2.56. The Labute approximate surface area is 142 Å². The van der Waals surface area contributed by atoms with Gasteiger partial charge in [-0.2, -0.15) is 0 Å². The summed E-state index contributed by atoms with van der Waals surface area (Å²) in [6.45, 7) is 6.96. The van der Waals surface area contributed by atoms with Crippen molar-refractivity contribution in [3.8, 4) is 0 Å². The molecule has 4 saturated carbocycles. The lowest BCUT2D eigenvalue weighted by Gasteiger charge is -2.56. The van der Waals surface area contributed by atoms with E-state index in [4.69, 9.17) is 9.47 Å². The van der Waals surface area contributed by atoms with Gasteiger partial charge in [-0.25, -0.2) is 0 Å². The molecule has 0 aromatic carbocycles. The SMILES string of the molecule is C=C1CCC2C3CCC4CC(OC)(OC)CCC4C3CCC12C. The van der Waals surface area contributed by atoms with Gasteiger partial charge < -0.3 is 9.47 Å². The molecule has 4 rings (SSSR count). The van der Waals surface area contributed by atoms with Gasteiger partial charge in [-0.05, 0) is 80.0 Å². The van der Waals surface area contributed by atoms with E-state index in [9.17, 15) is 0 Å². The summed E-state index contributed by atoms with van der Waals surface area (Å²) < 4.78 is 11.6. The van der Waals surface area contributed by atoms with E-state index >= 15 is 0 Å². The van der Waals surface area contributed by atoms with Crippen LogP contribution in [0.1, 0.15) is 64.7 Å². The third-order valence-electron chi connectivity index (χ3n) is 8.65. The van der Waals surface area contributed by atoms with Crippen LogP contribution in [0.3, 0.4) is 0 Å². The molecule has 0 aliphatic heterocycles. The molecule has 0 saturated heterocycles. The molecule has 23 heavy (non-hydrogen) atoms. The van der Waals surface area contributed by atoms with Gasteiger partial charge in [-0.1, -0.05) is 19.1 Å². The molecule has 0 radical (unpaired) electrons. The van der Waals surface area contributed by atoms with E-state index in [2.05, 4.69) is 13.5 Å². The van der Waals surface area contributed by atoms with Crippen LogP contribution in [0.25, 0.3) is 0 Å². The molecular formula is C21H34O2. The summed E-state index contributed by atoms with van der Waals surface area (Å²) in [5, 5.41) is 0. The van der Waals surface area contributed by atoms with Gasteiger partial charge in [0, 0.05) is 27.1 Å². The summed E-state index contributed by atoms with van der Waals surface area (Å²) in [5.74, 6) is 4.30. The van der Waals surface area contributed by atoms with Crippen molar-refractivity contribution in [3.05, 3.63) is 12.2 Å². The summed E-state index contributed by atoms with van der Waals surface area (Å²) in [4.78, 5) is 0. The second kappa shape index (κ2) is 5.59. The highest BCUT2D eigenvalue weighted by Crippen LogP contribution is 2.64. The van der Waals surface area contributed by atoms with Crippen LogP contribution in [0.4, 0.5) is 0 Å². The molecule has 0 spiro atoms. The van der Waals surface area contributed by atoms with Crippen molar-refractivity contribution in [2.24, 2.45) is 35.0 Å². The van der Waals surface area contributed by atoms with E-state index in [1.807, 2.05) is 14.2 Å². The summed E-state index contributed by atoms with van der Waals surface area (Å²) in [6.07, 6.45) is 11.8. The molecule has 0 amide bonds. The van der Waals surface area contributed by atoms with Gasteiger partial charge in [0.1, 0.15) is 0 Å². The van der Waals surface area contributed by atoms with Crippen molar-refractivity contribution in [3.63, 3.8) is 0 Å². The standard InChI is InChI=1S/C21H34O2/c1-14-5-8-19-18-7-6-15-13-21(22-3,23-4)12-10-16(15)17(18)9-11-20(14,19)2/h15-19H,1,5-13H2,2-4H3. The smallest absolute Gasteiger partial charge is 0.167 e. The Hall–Kier alpha value is -0.340. The molecule has 4 aliphatic carbocycles. The highest BCUT2D eigenvalue weighted by molar-refractivity contribution is 5.20. The van der Waals surface area contributed by atoms with E-state index in [1.165, 1.54) is 44.9 Å². The van der Waals surface area contributed by atoms with Crippen LogP contribution >= 0.6 is 0 Å². The Kier molecular flexibility index (Phi) is 3.93. The summed E-state index contributed by atoms with van der Waals surface area (Å²) in [7, 11) is 3.65. The largest absolute Gasteiger partial charge is 0.353 e. The fraction of sp³-hybridized carbons (Fsp3) is 0.905. The van der Waals surface area contributed by atoms with Crippen molar-refractivity contribution in [1.82, 2.24) is 0 Å². The van der Waals surface area contributed by atoms with Crippen molar-refractivity contribution in [2.45, 2.75) is 70.5 Å². The lowest BCUT2D eigenvalue weighted by molar-refractivity contribution is -0.246. The first-order valence-electron chi connectivity index (χ1n) is 9.81. The molecule has 2 nitrogen and oxygen atoms in total. The molecule has 0 aromatic heterocycles. The van der Waals surface area contributed by atoms with Crippen molar-refractivity contribution in [1.29, 1.82) is 0 Å². The molecule has 4 fully saturated rings. The predicted molar refractivity (Wildman–Crippen MR) is 93.0 cm³/mol. The summed E-state index contributed by atoms with van der Waals surface area (Å²) in [5.41, 5.74) is 2.02. The number of fused-ring (bicyclic) bond motifs is 5. The van der Waals surface area contributed by atoms with Gasteiger partial charge in [0.25, 0.3) is 0 Å². The molecule has 6 unspecified atom stereocenters. The van der Waals surface area contributed by atoms with E-state index in [1.54, 1.807) is 5.57 Å². The van der Waals surface area contributed by atoms with Gasteiger partial charge >= 0.3 is 0 Å². The van der Waals surface area contributed by atoms with Crippen LogP contribution in [0.5, 0.6) is 0 Å². The van der Waals surface area contributed by atoms with Crippen LogP contribution in [0.15, 0.2) is 12.2 Å². The second-order valence-electron chi connectivity index (χ2n) is 9.10. The molecule has 0 N–H and O–H groups in total. The maximum absolute atomic E-state index is 5.78. The van der Waals surface area contributed by atoms with E-state index in [0.717, 1.165) is 42.4 Å². The Bertz CT molecular complexity index is 480. The van der Waals surface area contributed by atoms with Crippen molar-refractivity contribution < 1.29 is 9.47 Å². The number of allylic oxidation sites excluding steroid dienone is 1. The van der Waals surface area contributed by atoms with Crippen molar-refractivity contribution >= 4 is 0 Å². The quantitative estimate of drug-likeness (QED) is 0.515. The third kappa shape index (κ3) is 2.28. The monoisotopic (exact) mass is 318 g/mol. The van der Waals surface area contributed by atoms with Crippen LogP contribution in [0.2, 0.25) is 0 Å². The number of ether oxygens (including phenoxy) is 2. The zero-order valence-electron chi connectivity index (χ0n) is 15.3. The molecular weight excluding hydrogens is 284 g/mol. The minimum absolute atomic E-state index is 0.293. The molecule has 2 heteroatoms. The number of methoxy groups -OCH3 is 2. The third-order valence-corrected chi connectivity index (χ3v) is 8.65. The average molecular weight is 319 g/mol.